The molecule has 1 aliphatic heterocycles. The molecule has 0 unspecified atom stereocenters. The van der Waals surface area contributed by atoms with Crippen molar-refractivity contribution in [3.05, 3.63) is 52.4 Å². The van der Waals surface area contributed by atoms with Gasteiger partial charge < -0.3 is 10.0 Å². The summed E-state index contributed by atoms with van der Waals surface area (Å²) in [6, 6.07) is 6.10. The number of aliphatic hydroxyl groups is 1. The topological polar surface area (TPSA) is 49.2 Å². The Bertz CT molecular complexity index is 931. The maximum Gasteiger partial charge on any atom is 0.141 e. The monoisotopic (exact) mass is 341 g/mol. The van der Waals surface area contributed by atoms with Crippen molar-refractivity contribution in [3.63, 3.8) is 0 Å². The van der Waals surface area contributed by atoms with Crippen LogP contribution in [-0.4, -0.2) is 28.2 Å². The summed E-state index contributed by atoms with van der Waals surface area (Å²) in [5.41, 5.74) is 1.20. The summed E-state index contributed by atoms with van der Waals surface area (Å²) in [4.78, 5) is 13.5. The third-order valence-electron chi connectivity index (χ3n) is 5.07. The van der Waals surface area contributed by atoms with Gasteiger partial charge in [-0.05, 0) is 42.5 Å². The molecule has 6 heteroatoms. The van der Waals surface area contributed by atoms with Crippen molar-refractivity contribution < 1.29 is 9.50 Å². The smallest absolute Gasteiger partial charge is 0.141 e. The Morgan fingerprint density at radius 1 is 1.12 bits per heavy atom. The van der Waals surface area contributed by atoms with Crippen LogP contribution >= 0.6 is 11.3 Å². The molecular weight excluding hydrogens is 325 g/mol. The Balaban J connectivity index is 1.49. The van der Waals surface area contributed by atoms with Crippen LogP contribution in [0.3, 0.4) is 0 Å². The van der Waals surface area contributed by atoms with Gasteiger partial charge in [-0.2, -0.15) is 0 Å². The number of aromatic nitrogens is 2. The van der Waals surface area contributed by atoms with Gasteiger partial charge in [0.2, 0.25) is 0 Å². The first-order chi connectivity index (χ1) is 11.6. The van der Waals surface area contributed by atoms with Crippen LogP contribution in [0.5, 0.6) is 0 Å². The normalized spacial score (nSPS) is 18.7. The number of hydrogen-bond acceptors (Lipinski definition) is 5. The van der Waals surface area contributed by atoms with Gasteiger partial charge in [0.15, 0.2) is 0 Å². The first-order valence-corrected chi connectivity index (χ1v) is 8.94. The molecule has 1 N–H and O–H groups in total. The second-order valence-corrected chi connectivity index (χ2v) is 7.71. The number of benzene rings is 1. The molecule has 3 heterocycles. The molecule has 1 saturated heterocycles. The number of rotatable bonds is 2. The fourth-order valence-electron chi connectivity index (χ4n) is 3.83. The van der Waals surface area contributed by atoms with E-state index in [4.69, 9.17) is 0 Å². The van der Waals surface area contributed by atoms with Crippen molar-refractivity contribution in [1.29, 1.82) is 0 Å². The third-order valence-corrected chi connectivity index (χ3v) is 6.27. The van der Waals surface area contributed by atoms with Crippen molar-refractivity contribution >= 4 is 27.4 Å². The number of fused-ring (bicyclic) bond motifs is 3. The van der Waals surface area contributed by atoms with Crippen LogP contribution in [0.25, 0.3) is 10.2 Å². The lowest BCUT2D eigenvalue weighted by Gasteiger charge is -2.47. The molecule has 122 valence electrons. The van der Waals surface area contributed by atoms with E-state index in [1.807, 2.05) is 0 Å². The van der Waals surface area contributed by atoms with E-state index in [2.05, 4.69) is 14.9 Å². The lowest BCUT2D eigenvalue weighted by molar-refractivity contribution is 0.00718. The summed E-state index contributed by atoms with van der Waals surface area (Å²) in [6.45, 7) is 0.935. The molecule has 0 bridgehead atoms. The molecule has 24 heavy (non-hydrogen) atoms. The molecule has 0 atom stereocenters. The number of anilines is 1. The molecule has 0 spiro atoms. The van der Waals surface area contributed by atoms with Gasteiger partial charge in [-0.25, -0.2) is 14.4 Å². The summed E-state index contributed by atoms with van der Waals surface area (Å²) in [5, 5.41) is 12.0. The predicted molar refractivity (Wildman–Crippen MR) is 91.9 cm³/mol. The minimum atomic E-state index is -0.940. The van der Waals surface area contributed by atoms with Gasteiger partial charge in [0.25, 0.3) is 0 Å². The Hall–Kier alpha value is -2.05. The maximum atomic E-state index is 13.1. The van der Waals surface area contributed by atoms with Crippen LogP contribution in [0.1, 0.15) is 22.4 Å². The van der Waals surface area contributed by atoms with E-state index < -0.39 is 5.60 Å². The van der Waals surface area contributed by atoms with Gasteiger partial charge in [-0.3, -0.25) is 0 Å². The van der Waals surface area contributed by atoms with E-state index in [-0.39, 0.29) is 5.82 Å². The zero-order chi connectivity index (χ0) is 16.3. The fraction of sp³-hybridized carbons (Fsp3) is 0.333. The van der Waals surface area contributed by atoms with Gasteiger partial charge in [0.1, 0.15) is 28.4 Å². The van der Waals surface area contributed by atoms with Crippen molar-refractivity contribution in [2.24, 2.45) is 0 Å². The minimum Gasteiger partial charge on any atom is -0.381 e. The first-order valence-electron chi connectivity index (χ1n) is 8.13. The Kier molecular flexibility index (Phi) is 2.96. The van der Waals surface area contributed by atoms with Crippen molar-refractivity contribution in [1.82, 2.24) is 9.97 Å². The SMILES string of the molecule is OC1(c2ccc(F)cc2)CN(c2ncnc3sc4c(c23)CCC4)C1. The molecule has 3 aromatic rings. The Morgan fingerprint density at radius 2 is 1.92 bits per heavy atom. The largest absolute Gasteiger partial charge is 0.381 e. The fourth-order valence-corrected chi connectivity index (χ4v) is 5.05. The van der Waals surface area contributed by atoms with Gasteiger partial charge in [-0.15, -0.1) is 11.3 Å². The van der Waals surface area contributed by atoms with Gasteiger partial charge >= 0.3 is 0 Å². The lowest BCUT2D eigenvalue weighted by atomic mass is 9.86. The van der Waals surface area contributed by atoms with Crippen molar-refractivity contribution in [2.75, 3.05) is 18.0 Å². The quantitative estimate of drug-likeness (QED) is 0.778. The summed E-state index contributed by atoms with van der Waals surface area (Å²) in [7, 11) is 0. The molecule has 4 nitrogen and oxygen atoms in total. The molecule has 0 radical (unpaired) electrons. The number of β-amino-alcohol motifs (C(OH)–C–C–N with tert-alkyl or cyclic N) is 1. The molecule has 1 aromatic carbocycles. The second-order valence-electron chi connectivity index (χ2n) is 6.63. The maximum absolute atomic E-state index is 13.1. The molecule has 2 aliphatic rings. The number of halogens is 1. The van der Waals surface area contributed by atoms with Crippen LogP contribution in [-0.2, 0) is 18.4 Å². The van der Waals surface area contributed by atoms with Crippen LogP contribution in [0.4, 0.5) is 10.2 Å². The minimum absolute atomic E-state index is 0.287. The highest BCUT2D eigenvalue weighted by Gasteiger charge is 2.44. The van der Waals surface area contributed by atoms with Crippen molar-refractivity contribution in [2.45, 2.75) is 24.9 Å². The van der Waals surface area contributed by atoms with Gasteiger partial charge in [0.05, 0.1) is 18.5 Å². The number of thiophene rings is 1. The summed E-state index contributed by atoms with van der Waals surface area (Å²) >= 11 is 1.77. The third kappa shape index (κ3) is 1.99. The predicted octanol–water partition coefficient (Wildman–Crippen LogP) is 3.03. The molecule has 0 amide bonds. The van der Waals surface area contributed by atoms with E-state index in [0.717, 1.165) is 34.4 Å². The molecule has 2 aromatic heterocycles. The molecule has 5 rings (SSSR count). The standard InChI is InChI=1S/C18H16FN3OS/c19-12-6-4-11(5-7-12)18(23)8-22(9-18)16-15-13-2-1-3-14(13)24-17(15)21-10-20-16/h4-7,10,23H,1-3,8-9H2. The highest BCUT2D eigenvalue weighted by molar-refractivity contribution is 7.19. The van der Waals surface area contributed by atoms with Gasteiger partial charge in [-0.1, -0.05) is 12.1 Å². The van der Waals surface area contributed by atoms with E-state index in [1.54, 1.807) is 29.8 Å². The number of hydrogen-bond donors (Lipinski definition) is 1. The Labute approximate surface area is 142 Å². The van der Waals surface area contributed by atoms with Crippen LogP contribution in [0.2, 0.25) is 0 Å². The highest BCUT2D eigenvalue weighted by Crippen LogP contribution is 2.43. The zero-order valence-corrected chi connectivity index (χ0v) is 13.8. The van der Waals surface area contributed by atoms with Crippen molar-refractivity contribution in [3.8, 4) is 0 Å². The average molecular weight is 341 g/mol. The molecule has 0 saturated carbocycles. The summed E-state index contributed by atoms with van der Waals surface area (Å²) in [6.07, 6.45) is 5.03. The van der Waals surface area contributed by atoms with Crippen LogP contribution < -0.4 is 4.90 Å². The number of nitrogens with zero attached hydrogens (tertiary/aromatic N) is 3. The zero-order valence-electron chi connectivity index (χ0n) is 13.0. The van der Waals surface area contributed by atoms with Gasteiger partial charge in [0, 0.05) is 4.88 Å². The highest BCUT2D eigenvalue weighted by atomic mass is 32.1. The second kappa shape index (κ2) is 4.97. The molecular formula is C18H16FN3OS. The van der Waals surface area contributed by atoms with E-state index in [9.17, 15) is 9.50 Å². The molecule has 1 fully saturated rings. The summed E-state index contributed by atoms with van der Waals surface area (Å²) < 4.78 is 13.1. The molecule has 1 aliphatic carbocycles. The average Bonchev–Trinajstić information content (AvgIpc) is 3.13. The first kappa shape index (κ1) is 14.3. The lowest BCUT2D eigenvalue weighted by Crippen LogP contribution is -2.60. The van der Waals surface area contributed by atoms with E-state index in [1.165, 1.54) is 29.0 Å². The van der Waals surface area contributed by atoms with E-state index in [0.29, 0.717) is 13.1 Å². The van der Waals surface area contributed by atoms with E-state index >= 15 is 0 Å². The number of aryl methyl sites for hydroxylation is 2. The Morgan fingerprint density at radius 3 is 2.71 bits per heavy atom. The summed E-state index contributed by atoms with van der Waals surface area (Å²) in [5.74, 6) is 0.635. The van der Waals surface area contributed by atoms with Crippen LogP contribution in [0, 0.1) is 5.82 Å². The van der Waals surface area contributed by atoms with Crippen LogP contribution in [0.15, 0.2) is 30.6 Å².